The first-order chi connectivity index (χ1) is 8.95. The molecule has 6 heteroatoms. The zero-order chi connectivity index (χ0) is 14.0. The minimum absolute atomic E-state index is 0.224. The molecule has 0 aliphatic carbocycles. The molecule has 0 saturated heterocycles. The zero-order valence-electron chi connectivity index (χ0n) is 9.38. The predicted octanol–water partition coefficient (Wildman–Crippen LogP) is 5.10. The van der Waals surface area contributed by atoms with E-state index in [-0.39, 0.29) is 5.56 Å². The van der Waals surface area contributed by atoms with Crippen molar-refractivity contribution >= 4 is 61.7 Å². The van der Waals surface area contributed by atoms with Gasteiger partial charge in [-0.15, -0.1) is 0 Å². The Morgan fingerprint density at radius 2 is 2.00 bits per heavy atom. The van der Waals surface area contributed by atoms with Crippen LogP contribution in [0.5, 0.6) is 0 Å². The van der Waals surface area contributed by atoms with Crippen LogP contribution in [0.25, 0.3) is 0 Å². The molecular weight excluding hydrogens is 447 g/mol. The summed E-state index contributed by atoms with van der Waals surface area (Å²) in [6.45, 7) is 0. The summed E-state index contributed by atoms with van der Waals surface area (Å²) in [5.41, 5.74) is 0.723. The van der Waals surface area contributed by atoms with Gasteiger partial charge in [-0.1, -0.05) is 27.5 Å². The van der Waals surface area contributed by atoms with Crippen molar-refractivity contribution in [1.29, 1.82) is 0 Å². The molecule has 19 heavy (non-hydrogen) atoms. The third kappa shape index (κ3) is 3.90. The summed E-state index contributed by atoms with van der Waals surface area (Å²) < 4.78 is 14.7. The van der Waals surface area contributed by atoms with E-state index in [1.54, 1.807) is 18.2 Å². The van der Waals surface area contributed by atoms with Crippen LogP contribution >= 0.6 is 50.1 Å². The minimum atomic E-state index is -0.478. The summed E-state index contributed by atoms with van der Waals surface area (Å²) in [5, 5.41) is 3.09. The van der Waals surface area contributed by atoms with Crippen LogP contribution in [0.4, 0.5) is 10.1 Å². The number of benzene rings is 2. The van der Waals surface area contributed by atoms with Gasteiger partial charge in [0.1, 0.15) is 5.82 Å². The Balaban J connectivity index is 2.28. The molecule has 0 aliphatic rings. The van der Waals surface area contributed by atoms with Gasteiger partial charge >= 0.3 is 0 Å². The van der Waals surface area contributed by atoms with E-state index < -0.39 is 11.7 Å². The van der Waals surface area contributed by atoms with E-state index >= 15 is 0 Å². The van der Waals surface area contributed by atoms with Crippen LogP contribution in [0.1, 0.15) is 10.4 Å². The lowest BCUT2D eigenvalue weighted by Crippen LogP contribution is -2.12. The van der Waals surface area contributed by atoms with Crippen molar-refractivity contribution in [3.05, 3.63) is 60.8 Å². The van der Waals surface area contributed by atoms with Crippen molar-refractivity contribution in [1.82, 2.24) is 0 Å². The van der Waals surface area contributed by atoms with Gasteiger partial charge in [0.2, 0.25) is 0 Å². The molecule has 0 aromatic heterocycles. The molecule has 0 spiro atoms. The van der Waals surface area contributed by atoms with Crippen molar-refractivity contribution in [2.75, 3.05) is 5.32 Å². The minimum Gasteiger partial charge on any atom is -0.321 e. The number of halogens is 4. The third-order valence-electron chi connectivity index (χ3n) is 2.30. The summed E-state index contributed by atoms with van der Waals surface area (Å²) in [5.74, 6) is -0.891. The number of nitrogens with one attached hydrogen (secondary N) is 1. The van der Waals surface area contributed by atoms with E-state index in [4.69, 9.17) is 11.6 Å². The summed E-state index contributed by atoms with van der Waals surface area (Å²) in [7, 11) is 0. The topological polar surface area (TPSA) is 29.1 Å². The van der Waals surface area contributed by atoms with E-state index in [1.807, 2.05) is 6.07 Å². The van der Waals surface area contributed by atoms with Gasteiger partial charge < -0.3 is 5.32 Å². The van der Waals surface area contributed by atoms with Crippen LogP contribution in [0.2, 0.25) is 5.02 Å². The summed E-state index contributed by atoms with van der Waals surface area (Å²) in [4.78, 5) is 12.0. The van der Waals surface area contributed by atoms with Gasteiger partial charge in [0, 0.05) is 13.6 Å². The van der Waals surface area contributed by atoms with Crippen molar-refractivity contribution in [2.45, 2.75) is 0 Å². The highest BCUT2D eigenvalue weighted by molar-refractivity contribution is 14.1. The molecular formula is C13H7BrClFINO. The summed E-state index contributed by atoms with van der Waals surface area (Å²) in [6.07, 6.45) is 0. The summed E-state index contributed by atoms with van der Waals surface area (Å²) >= 11 is 11.3. The molecule has 1 amide bonds. The average molecular weight is 454 g/mol. The SMILES string of the molecule is O=C(Nc1cc(I)ccc1Cl)c1cc(F)cc(Br)c1. The van der Waals surface area contributed by atoms with Gasteiger partial charge in [-0.3, -0.25) is 4.79 Å². The maximum absolute atomic E-state index is 13.2. The fraction of sp³-hybridized carbons (Fsp3) is 0. The third-order valence-corrected chi connectivity index (χ3v) is 3.76. The Morgan fingerprint density at radius 1 is 1.26 bits per heavy atom. The molecule has 0 saturated carbocycles. The molecule has 0 unspecified atom stereocenters. The lowest BCUT2D eigenvalue weighted by molar-refractivity contribution is 0.102. The predicted molar refractivity (Wildman–Crippen MR) is 86.2 cm³/mol. The monoisotopic (exact) mass is 453 g/mol. The molecule has 0 fully saturated rings. The number of hydrogen-bond donors (Lipinski definition) is 1. The van der Waals surface area contributed by atoms with Crippen molar-refractivity contribution < 1.29 is 9.18 Å². The van der Waals surface area contributed by atoms with Crippen molar-refractivity contribution in [2.24, 2.45) is 0 Å². The first-order valence-corrected chi connectivity index (χ1v) is 7.43. The Labute approximate surface area is 136 Å². The zero-order valence-corrected chi connectivity index (χ0v) is 13.9. The van der Waals surface area contributed by atoms with Crippen molar-refractivity contribution in [3.8, 4) is 0 Å². The second-order valence-corrected chi connectivity index (χ2v) is 6.30. The van der Waals surface area contributed by atoms with Gasteiger partial charge in [0.25, 0.3) is 5.91 Å². The van der Waals surface area contributed by atoms with Crippen LogP contribution in [0, 0.1) is 9.39 Å². The molecule has 0 bridgehead atoms. The highest BCUT2D eigenvalue weighted by Crippen LogP contribution is 2.25. The molecule has 0 aliphatic heterocycles. The van der Waals surface area contributed by atoms with Gasteiger partial charge in [-0.2, -0.15) is 0 Å². The lowest BCUT2D eigenvalue weighted by atomic mass is 10.2. The molecule has 98 valence electrons. The molecule has 0 heterocycles. The molecule has 0 radical (unpaired) electrons. The number of carbonyl (C=O) groups is 1. The van der Waals surface area contributed by atoms with Gasteiger partial charge in [-0.05, 0) is 59.0 Å². The highest BCUT2D eigenvalue weighted by atomic mass is 127. The number of hydrogen-bond acceptors (Lipinski definition) is 1. The normalized spacial score (nSPS) is 10.3. The first-order valence-electron chi connectivity index (χ1n) is 5.18. The fourth-order valence-electron chi connectivity index (χ4n) is 1.47. The molecule has 2 aromatic rings. The van der Waals surface area contributed by atoms with Gasteiger partial charge in [0.15, 0.2) is 0 Å². The standard InChI is InChI=1S/C13H7BrClFINO/c14-8-3-7(4-9(16)5-8)13(19)18-12-6-10(17)1-2-11(12)15/h1-6H,(H,18,19). The fourth-order valence-corrected chi connectivity index (χ4v) is 2.59. The quantitative estimate of drug-likeness (QED) is 0.629. The Hall–Kier alpha value is -0.660. The van der Waals surface area contributed by atoms with Crippen LogP contribution in [0.15, 0.2) is 40.9 Å². The van der Waals surface area contributed by atoms with E-state index in [9.17, 15) is 9.18 Å². The summed E-state index contributed by atoms with van der Waals surface area (Å²) in [6, 6.07) is 9.27. The second-order valence-electron chi connectivity index (χ2n) is 3.74. The van der Waals surface area contributed by atoms with E-state index in [0.717, 1.165) is 3.57 Å². The van der Waals surface area contributed by atoms with Crippen molar-refractivity contribution in [3.63, 3.8) is 0 Å². The maximum Gasteiger partial charge on any atom is 0.255 e. The number of carbonyl (C=O) groups excluding carboxylic acids is 1. The first kappa shape index (κ1) is 14.7. The largest absolute Gasteiger partial charge is 0.321 e. The van der Waals surface area contributed by atoms with Crippen LogP contribution in [-0.2, 0) is 0 Å². The van der Waals surface area contributed by atoms with Crippen LogP contribution in [-0.4, -0.2) is 5.91 Å². The Morgan fingerprint density at radius 3 is 2.68 bits per heavy atom. The second kappa shape index (κ2) is 6.19. The average Bonchev–Trinajstić information content (AvgIpc) is 2.32. The Kier molecular flexibility index (Phi) is 4.81. The molecule has 1 N–H and O–H groups in total. The molecule has 0 atom stereocenters. The lowest BCUT2D eigenvalue weighted by Gasteiger charge is -2.08. The maximum atomic E-state index is 13.2. The number of anilines is 1. The Bertz CT molecular complexity index is 630. The molecule has 2 nitrogen and oxygen atoms in total. The van der Waals surface area contributed by atoms with Crippen LogP contribution in [0.3, 0.4) is 0 Å². The number of rotatable bonds is 2. The van der Waals surface area contributed by atoms with Crippen LogP contribution < -0.4 is 5.32 Å². The molecule has 2 aromatic carbocycles. The molecule has 2 rings (SSSR count). The van der Waals surface area contributed by atoms with E-state index in [1.165, 1.54) is 12.1 Å². The van der Waals surface area contributed by atoms with Gasteiger partial charge in [-0.25, -0.2) is 4.39 Å². The highest BCUT2D eigenvalue weighted by Gasteiger charge is 2.11. The smallest absolute Gasteiger partial charge is 0.255 e. The van der Waals surface area contributed by atoms with E-state index in [0.29, 0.717) is 15.2 Å². The number of amides is 1. The van der Waals surface area contributed by atoms with E-state index in [2.05, 4.69) is 43.8 Å². The van der Waals surface area contributed by atoms with Gasteiger partial charge in [0.05, 0.1) is 10.7 Å².